The average Bonchev–Trinajstić information content (AvgIpc) is 2.46. The van der Waals surface area contributed by atoms with Crippen LogP contribution in [0, 0.1) is 5.92 Å². The molecule has 0 spiro atoms. The smallest absolute Gasteiger partial charge is 0.308 e. The van der Waals surface area contributed by atoms with E-state index in [1.165, 1.54) is 7.11 Å². The number of hydrogen-bond donors (Lipinski definition) is 1. The first-order valence-electron chi connectivity index (χ1n) is 6.84. The number of carbonyl (C=O) groups excluding carboxylic acids is 2. The van der Waals surface area contributed by atoms with Gasteiger partial charge in [-0.3, -0.25) is 9.59 Å². The second kappa shape index (κ2) is 7.40. The van der Waals surface area contributed by atoms with Crippen molar-refractivity contribution in [3.63, 3.8) is 0 Å². The third-order valence-corrected chi connectivity index (χ3v) is 4.64. The predicted octanol–water partition coefficient (Wildman–Crippen LogP) is 3.67. The van der Waals surface area contributed by atoms with E-state index in [1.807, 2.05) is 6.07 Å². The molecule has 0 atom stereocenters. The summed E-state index contributed by atoms with van der Waals surface area (Å²) in [6.45, 7) is 0. The molecule has 1 aliphatic carbocycles. The zero-order chi connectivity index (χ0) is 15.4. The van der Waals surface area contributed by atoms with Crippen molar-refractivity contribution in [1.82, 2.24) is 5.32 Å². The van der Waals surface area contributed by atoms with Crippen molar-refractivity contribution in [3.05, 3.63) is 32.7 Å². The van der Waals surface area contributed by atoms with Crippen molar-refractivity contribution in [2.24, 2.45) is 5.92 Å². The molecule has 114 valence electrons. The molecule has 0 unspecified atom stereocenters. The lowest BCUT2D eigenvalue weighted by atomic mass is 9.86. The van der Waals surface area contributed by atoms with E-state index < -0.39 is 0 Å². The largest absolute Gasteiger partial charge is 0.469 e. The quantitative estimate of drug-likeness (QED) is 0.761. The summed E-state index contributed by atoms with van der Waals surface area (Å²) in [4.78, 5) is 23.7. The zero-order valence-corrected chi connectivity index (χ0v) is 14.9. The van der Waals surface area contributed by atoms with E-state index in [1.54, 1.807) is 12.1 Å². The number of ether oxygens (including phenoxy) is 1. The van der Waals surface area contributed by atoms with E-state index in [9.17, 15) is 9.59 Å². The normalized spacial score (nSPS) is 21.7. The number of nitrogens with one attached hydrogen (secondary N) is 1. The molecule has 21 heavy (non-hydrogen) atoms. The molecule has 0 radical (unpaired) electrons. The highest BCUT2D eigenvalue weighted by Crippen LogP contribution is 2.26. The van der Waals surface area contributed by atoms with E-state index in [2.05, 4.69) is 37.2 Å². The van der Waals surface area contributed by atoms with Crippen molar-refractivity contribution in [2.75, 3.05) is 7.11 Å². The summed E-state index contributed by atoms with van der Waals surface area (Å²) in [5, 5.41) is 3.03. The number of carbonyl (C=O) groups is 2. The number of benzene rings is 1. The Morgan fingerprint density at radius 1 is 1.10 bits per heavy atom. The third kappa shape index (κ3) is 4.54. The van der Waals surface area contributed by atoms with Crippen LogP contribution in [0.25, 0.3) is 0 Å². The number of hydrogen-bond acceptors (Lipinski definition) is 3. The SMILES string of the molecule is COC(=O)C1CCC(NC(=O)c2cc(Br)cc(Br)c2)CC1. The van der Waals surface area contributed by atoms with Gasteiger partial charge in [0, 0.05) is 20.6 Å². The molecule has 1 amide bonds. The summed E-state index contributed by atoms with van der Waals surface area (Å²) in [5.74, 6) is -0.252. The van der Waals surface area contributed by atoms with Gasteiger partial charge in [-0.2, -0.15) is 0 Å². The molecule has 0 saturated heterocycles. The maximum atomic E-state index is 12.2. The first-order chi connectivity index (χ1) is 9.99. The fraction of sp³-hybridized carbons (Fsp3) is 0.467. The van der Waals surface area contributed by atoms with Gasteiger partial charge in [-0.05, 0) is 43.9 Å². The van der Waals surface area contributed by atoms with Crippen LogP contribution in [0.5, 0.6) is 0 Å². The van der Waals surface area contributed by atoms with Crippen molar-refractivity contribution in [2.45, 2.75) is 31.7 Å². The minimum atomic E-state index is -0.143. The Morgan fingerprint density at radius 3 is 2.19 bits per heavy atom. The Kier molecular flexibility index (Phi) is 5.81. The second-order valence-corrected chi connectivity index (χ2v) is 7.03. The van der Waals surface area contributed by atoms with Gasteiger partial charge >= 0.3 is 5.97 Å². The number of methoxy groups -OCH3 is 1. The first-order valence-corrected chi connectivity index (χ1v) is 8.43. The molecule has 6 heteroatoms. The highest BCUT2D eigenvalue weighted by molar-refractivity contribution is 9.11. The maximum Gasteiger partial charge on any atom is 0.308 e. The van der Waals surface area contributed by atoms with Crippen LogP contribution in [0.3, 0.4) is 0 Å². The first kappa shape index (κ1) is 16.5. The molecule has 0 aromatic heterocycles. The fourth-order valence-electron chi connectivity index (χ4n) is 2.59. The van der Waals surface area contributed by atoms with Gasteiger partial charge in [0.1, 0.15) is 0 Å². The van der Waals surface area contributed by atoms with E-state index in [0.29, 0.717) is 5.56 Å². The van der Waals surface area contributed by atoms with E-state index in [-0.39, 0.29) is 23.8 Å². The lowest BCUT2D eigenvalue weighted by molar-refractivity contribution is -0.146. The standard InChI is InChI=1S/C15H17Br2NO3/c1-21-15(20)9-2-4-13(5-3-9)18-14(19)10-6-11(16)8-12(17)7-10/h6-9,13H,2-5H2,1H3,(H,18,19). The topological polar surface area (TPSA) is 55.4 Å². The minimum absolute atomic E-state index is 0.0248. The Hall–Kier alpha value is -0.880. The van der Waals surface area contributed by atoms with Gasteiger partial charge in [0.05, 0.1) is 13.0 Å². The van der Waals surface area contributed by atoms with Gasteiger partial charge in [-0.15, -0.1) is 0 Å². The number of esters is 1. The van der Waals surface area contributed by atoms with Crippen LogP contribution in [-0.2, 0) is 9.53 Å². The molecule has 0 bridgehead atoms. The highest BCUT2D eigenvalue weighted by Gasteiger charge is 2.27. The highest BCUT2D eigenvalue weighted by atomic mass is 79.9. The van der Waals surface area contributed by atoms with Gasteiger partial charge < -0.3 is 10.1 Å². The van der Waals surface area contributed by atoms with Crippen molar-refractivity contribution >= 4 is 43.7 Å². The summed E-state index contributed by atoms with van der Waals surface area (Å²) in [6.07, 6.45) is 3.14. The summed E-state index contributed by atoms with van der Waals surface area (Å²) in [5.41, 5.74) is 0.617. The van der Waals surface area contributed by atoms with Crippen LogP contribution in [-0.4, -0.2) is 25.0 Å². The fourth-order valence-corrected chi connectivity index (χ4v) is 3.89. The number of halogens is 2. The van der Waals surface area contributed by atoms with Gasteiger partial charge in [0.25, 0.3) is 5.91 Å². The molecule has 1 aromatic rings. The Balaban J connectivity index is 1.91. The van der Waals surface area contributed by atoms with E-state index in [4.69, 9.17) is 4.74 Å². The molecule has 1 fully saturated rings. The number of rotatable bonds is 3. The molecule has 0 heterocycles. The summed E-state index contributed by atoms with van der Waals surface area (Å²) < 4.78 is 6.48. The molecule has 2 rings (SSSR count). The lowest BCUT2D eigenvalue weighted by Gasteiger charge is -2.27. The Morgan fingerprint density at radius 2 is 1.67 bits per heavy atom. The number of amides is 1. The van der Waals surface area contributed by atoms with Gasteiger partial charge in [0.15, 0.2) is 0 Å². The van der Waals surface area contributed by atoms with E-state index in [0.717, 1.165) is 34.6 Å². The summed E-state index contributed by atoms with van der Waals surface area (Å²) in [6, 6.07) is 5.59. The molecule has 1 aliphatic rings. The van der Waals surface area contributed by atoms with Crippen LogP contribution < -0.4 is 5.32 Å². The molecule has 4 nitrogen and oxygen atoms in total. The van der Waals surface area contributed by atoms with E-state index >= 15 is 0 Å². The molecular weight excluding hydrogens is 402 g/mol. The van der Waals surface area contributed by atoms with Crippen LogP contribution >= 0.6 is 31.9 Å². The lowest BCUT2D eigenvalue weighted by Crippen LogP contribution is -2.38. The third-order valence-electron chi connectivity index (χ3n) is 3.72. The molecule has 0 aliphatic heterocycles. The van der Waals surface area contributed by atoms with Crippen LogP contribution in [0.2, 0.25) is 0 Å². The second-order valence-electron chi connectivity index (χ2n) is 5.20. The van der Waals surface area contributed by atoms with Crippen molar-refractivity contribution < 1.29 is 14.3 Å². The molecule has 1 aromatic carbocycles. The van der Waals surface area contributed by atoms with Crippen LogP contribution in [0.1, 0.15) is 36.0 Å². The van der Waals surface area contributed by atoms with Crippen LogP contribution in [0.15, 0.2) is 27.1 Å². The molecule has 1 N–H and O–H groups in total. The summed E-state index contributed by atoms with van der Waals surface area (Å²) in [7, 11) is 1.42. The minimum Gasteiger partial charge on any atom is -0.469 e. The predicted molar refractivity (Wildman–Crippen MR) is 87.1 cm³/mol. The molecular formula is C15H17Br2NO3. The van der Waals surface area contributed by atoms with Gasteiger partial charge in [-0.1, -0.05) is 31.9 Å². The zero-order valence-electron chi connectivity index (χ0n) is 11.7. The van der Waals surface area contributed by atoms with Crippen LogP contribution in [0.4, 0.5) is 0 Å². The van der Waals surface area contributed by atoms with Crippen molar-refractivity contribution in [1.29, 1.82) is 0 Å². The Labute approximate surface area is 140 Å². The molecule has 1 saturated carbocycles. The Bertz CT molecular complexity index is 519. The maximum absolute atomic E-state index is 12.2. The van der Waals surface area contributed by atoms with Gasteiger partial charge in [0.2, 0.25) is 0 Å². The average molecular weight is 419 g/mol. The monoisotopic (exact) mass is 417 g/mol. The summed E-state index contributed by atoms with van der Waals surface area (Å²) >= 11 is 6.75. The van der Waals surface area contributed by atoms with Gasteiger partial charge in [-0.25, -0.2) is 0 Å². The van der Waals surface area contributed by atoms with Crippen molar-refractivity contribution in [3.8, 4) is 0 Å².